The second-order valence-corrected chi connectivity index (χ2v) is 17.1. The molecule has 0 fully saturated rings. The molecule has 4 heterocycles. The van der Waals surface area contributed by atoms with Gasteiger partial charge in [0.25, 0.3) is 5.70 Å². The van der Waals surface area contributed by atoms with Gasteiger partial charge in [-0.2, -0.15) is 0 Å². The first-order valence-electron chi connectivity index (χ1n) is 21.1. The zero-order valence-electron chi connectivity index (χ0n) is 38.6. The van der Waals surface area contributed by atoms with E-state index in [2.05, 4.69) is 36.5 Å². The zero-order chi connectivity index (χ0) is 48.1. The maximum absolute atomic E-state index is 12.7. The topological polar surface area (TPSA) is 212 Å². The normalized spacial score (nSPS) is 11.4. The van der Waals surface area contributed by atoms with Gasteiger partial charge in [0.2, 0.25) is 0 Å². The lowest BCUT2D eigenvalue weighted by atomic mass is 10.0. The molecule has 0 amide bonds. The van der Waals surface area contributed by atoms with Crippen molar-refractivity contribution in [2.45, 2.75) is 106 Å². The number of benzene rings is 2. The standard InChI is InChI=1S/C24H27N5O3.C18H20N4O.C7H11NO2/c1-15-7-9-16(10-8-15)19-18(13-17(26-5)23(31)32-24(2,3)4)29(11-6-12-30)22-20(19)21(25)27-14-28-22;1-3-4-9-22-14(10-23)15(13-7-5-12(2)6-8-13)16-17(19)20-11-21-18(16)22;1-7(2,3)10-6(9)5-8-4/h7-10,13-14,30H,6,11-12H2,1-4H3,(H2,25,27,28);5-8,10-11H,3-4,9H2,1-2H3,(H2,19,20,21);5H2,1-3H3/b17-13-;;. The number of aldehydes is 1. The average molecular weight is 883 g/mol. The summed E-state index contributed by atoms with van der Waals surface area (Å²) >= 11 is 0. The molecule has 0 unspecified atom stereocenters. The number of fused-ring (bicyclic) bond motifs is 2. The summed E-state index contributed by atoms with van der Waals surface area (Å²) in [6, 6.07) is 15.9. The third kappa shape index (κ3) is 13.1. The third-order valence-electron chi connectivity index (χ3n) is 9.52. The van der Waals surface area contributed by atoms with Crippen LogP contribution in [0.1, 0.15) is 95.0 Å². The number of carbonyl (C=O) groups excluding carboxylic acids is 3. The van der Waals surface area contributed by atoms with E-state index >= 15 is 0 Å². The molecule has 0 aliphatic heterocycles. The smallest absolute Gasteiger partial charge is 0.387 e. The van der Waals surface area contributed by atoms with Gasteiger partial charge in [-0.25, -0.2) is 36.1 Å². The van der Waals surface area contributed by atoms with E-state index in [9.17, 15) is 19.5 Å². The molecular formula is C49H58N10O6. The molecule has 5 N–H and O–H groups in total. The Hall–Kier alpha value is -7.43. The summed E-state index contributed by atoms with van der Waals surface area (Å²) in [5.41, 5.74) is 19.1. The number of nitrogen functional groups attached to an aromatic ring is 2. The highest BCUT2D eigenvalue weighted by atomic mass is 16.6. The Labute approximate surface area is 380 Å². The molecule has 0 saturated heterocycles. The Morgan fingerprint density at radius 3 is 1.62 bits per heavy atom. The number of ether oxygens (including phenoxy) is 2. The van der Waals surface area contributed by atoms with Crippen LogP contribution in [0.25, 0.3) is 60.1 Å². The first-order valence-corrected chi connectivity index (χ1v) is 21.1. The number of nitrogens with zero attached hydrogens (tertiary/aromatic N) is 8. The number of hydrogen-bond acceptors (Lipinski definition) is 12. The highest BCUT2D eigenvalue weighted by molar-refractivity contribution is 6.08. The molecule has 0 saturated carbocycles. The van der Waals surface area contributed by atoms with E-state index in [1.165, 1.54) is 24.3 Å². The summed E-state index contributed by atoms with van der Waals surface area (Å²) in [7, 11) is 0. The lowest BCUT2D eigenvalue weighted by Crippen LogP contribution is -2.24. The molecule has 0 radical (unpaired) electrons. The molecule has 16 nitrogen and oxygen atoms in total. The molecule has 2 aromatic carbocycles. The van der Waals surface area contributed by atoms with E-state index in [4.69, 9.17) is 34.1 Å². The SMILES string of the molecule is CCCCn1c(C=O)c(-c2ccc(C)cc2)c2c(N)ncnc21.[C-]#[N+]/C(=C\c1c(-c2ccc(C)cc2)c2c(N)ncnc2n1CCCO)C(=O)OC(C)(C)C.[C-]#[N+]CC(=O)OC(C)(C)C. The Bertz CT molecular complexity index is 2740. The first-order chi connectivity index (χ1) is 30.8. The lowest BCUT2D eigenvalue weighted by molar-refractivity contribution is -0.152. The molecular weight excluding hydrogens is 825 g/mol. The molecule has 0 bridgehead atoms. The minimum atomic E-state index is -0.736. The highest BCUT2D eigenvalue weighted by Crippen LogP contribution is 2.39. The predicted molar refractivity (Wildman–Crippen MR) is 254 cm³/mol. The number of unbranched alkanes of at least 4 members (excludes halogenated alkanes) is 1. The van der Waals surface area contributed by atoms with E-state index in [0.717, 1.165) is 64.5 Å². The summed E-state index contributed by atoms with van der Waals surface area (Å²) in [5, 5.41) is 10.8. The van der Waals surface area contributed by atoms with Gasteiger partial charge in [0.1, 0.15) is 46.8 Å². The van der Waals surface area contributed by atoms with Gasteiger partial charge >= 0.3 is 18.5 Å². The number of hydrogen-bond donors (Lipinski definition) is 3. The van der Waals surface area contributed by atoms with E-state index in [0.29, 0.717) is 47.0 Å². The number of esters is 2. The molecule has 16 heteroatoms. The number of aliphatic hydroxyl groups excluding tert-OH is 1. The molecule has 6 aromatic rings. The molecule has 0 spiro atoms. The van der Waals surface area contributed by atoms with Crippen LogP contribution in [0.5, 0.6) is 0 Å². The summed E-state index contributed by atoms with van der Waals surface area (Å²) in [5.74, 6) is -0.462. The van der Waals surface area contributed by atoms with Crippen LogP contribution in [-0.4, -0.2) is 76.8 Å². The van der Waals surface area contributed by atoms with Crippen LogP contribution in [0.2, 0.25) is 0 Å². The van der Waals surface area contributed by atoms with Gasteiger partial charge < -0.3 is 40.0 Å². The summed E-state index contributed by atoms with van der Waals surface area (Å²) in [6.45, 7) is 31.6. The van der Waals surface area contributed by atoms with E-state index in [1.54, 1.807) is 41.5 Å². The Morgan fingerprint density at radius 1 is 0.738 bits per heavy atom. The molecule has 340 valence electrons. The second kappa shape index (κ2) is 22.3. The Balaban J connectivity index is 0.000000243. The van der Waals surface area contributed by atoms with Crippen molar-refractivity contribution in [3.05, 3.63) is 112 Å². The van der Waals surface area contributed by atoms with Gasteiger partial charge in [0.15, 0.2) is 6.29 Å². The fourth-order valence-electron chi connectivity index (χ4n) is 6.75. The third-order valence-corrected chi connectivity index (χ3v) is 9.52. The molecule has 0 aliphatic carbocycles. The van der Waals surface area contributed by atoms with Crippen LogP contribution < -0.4 is 11.5 Å². The fraction of sp³-hybridized carbons (Fsp3) is 0.367. The van der Waals surface area contributed by atoms with E-state index in [1.807, 2.05) is 71.5 Å². The van der Waals surface area contributed by atoms with Gasteiger partial charge in [0.05, 0.1) is 23.0 Å². The van der Waals surface area contributed by atoms with Gasteiger partial charge in [-0.15, -0.1) is 0 Å². The number of nitrogens with two attached hydrogens (primary N) is 2. The monoisotopic (exact) mass is 882 g/mol. The van der Waals surface area contributed by atoms with E-state index in [-0.39, 0.29) is 18.8 Å². The van der Waals surface area contributed by atoms with Crippen molar-refractivity contribution in [3.8, 4) is 22.3 Å². The van der Waals surface area contributed by atoms with Crippen molar-refractivity contribution in [1.82, 2.24) is 29.1 Å². The van der Waals surface area contributed by atoms with Gasteiger partial charge in [-0.05, 0) is 85.4 Å². The number of aliphatic hydroxyl groups is 1. The second-order valence-electron chi connectivity index (χ2n) is 17.1. The Morgan fingerprint density at radius 2 is 1.20 bits per heavy atom. The maximum Gasteiger partial charge on any atom is 0.387 e. The minimum absolute atomic E-state index is 0.0228. The molecule has 0 atom stereocenters. The van der Waals surface area contributed by atoms with Crippen molar-refractivity contribution in [1.29, 1.82) is 0 Å². The van der Waals surface area contributed by atoms with Crippen molar-refractivity contribution in [2.75, 3.05) is 24.6 Å². The first kappa shape index (κ1) is 50.2. The molecule has 65 heavy (non-hydrogen) atoms. The average Bonchev–Trinajstić information content (AvgIpc) is 3.74. The number of aryl methyl sites for hydroxylation is 4. The zero-order valence-corrected chi connectivity index (χ0v) is 38.6. The molecule has 6 rings (SSSR count). The van der Waals surface area contributed by atoms with Gasteiger partial charge in [0, 0.05) is 36.5 Å². The van der Waals surface area contributed by atoms with Crippen molar-refractivity contribution < 1.29 is 29.0 Å². The maximum atomic E-state index is 12.7. The fourth-order valence-corrected chi connectivity index (χ4v) is 6.75. The number of carbonyl (C=O) groups is 3. The largest absolute Gasteiger partial charge is 0.465 e. The lowest BCUT2D eigenvalue weighted by Gasteiger charge is -2.19. The van der Waals surface area contributed by atoms with Crippen molar-refractivity contribution in [2.24, 2.45) is 0 Å². The summed E-state index contributed by atoms with van der Waals surface area (Å²) in [4.78, 5) is 58.5. The number of rotatable bonds is 12. The van der Waals surface area contributed by atoms with E-state index < -0.39 is 23.1 Å². The van der Waals surface area contributed by atoms with Crippen LogP contribution in [-0.2, 0) is 32.2 Å². The van der Waals surface area contributed by atoms with Crippen molar-refractivity contribution in [3.63, 3.8) is 0 Å². The highest BCUT2D eigenvalue weighted by Gasteiger charge is 2.26. The minimum Gasteiger partial charge on any atom is -0.465 e. The van der Waals surface area contributed by atoms with Crippen LogP contribution in [0, 0.1) is 27.0 Å². The molecule has 4 aromatic heterocycles. The summed E-state index contributed by atoms with van der Waals surface area (Å²) in [6.07, 6.45) is 7.71. The van der Waals surface area contributed by atoms with Crippen LogP contribution in [0.3, 0.4) is 0 Å². The van der Waals surface area contributed by atoms with Crippen LogP contribution >= 0.6 is 0 Å². The van der Waals surface area contributed by atoms with Crippen molar-refractivity contribution >= 4 is 58.0 Å². The van der Waals surface area contributed by atoms with Gasteiger partial charge in [-0.1, -0.05) is 73.0 Å². The van der Waals surface area contributed by atoms with Crippen LogP contribution in [0.4, 0.5) is 11.6 Å². The number of aromatic nitrogens is 6. The summed E-state index contributed by atoms with van der Waals surface area (Å²) < 4.78 is 14.1. The quantitative estimate of drug-likeness (QED) is 0.0455. The number of anilines is 2. The molecule has 0 aliphatic rings. The van der Waals surface area contributed by atoms with Crippen LogP contribution in [0.15, 0.2) is 66.9 Å². The Kier molecular flexibility index (Phi) is 17.2. The van der Waals surface area contributed by atoms with Gasteiger partial charge in [-0.3, -0.25) is 9.59 Å². The predicted octanol–water partition coefficient (Wildman–Crippen LogP) is 8.82.